The maximum atomic E-state index is 13.2. The highest BCUT2D eigenvalue weighted by Crippen LogP contribution is 2.30. The highest BCUT2D eigenvalue weighted by molar-refractivity contribution is 7.80. The van der Waals surface area contributed by atoms with E-state index in [9.17, 15) is 9.59 Å². The normalized spacial score (nSPS) is 15.5. The van der Waals surface area contributed by atoms with Crippen LogP contribution in [-0.2, 0) is 9.59 Å². The summed E-state index contributed by atoms with van der Waals surface area (Å²) in [6, 6.07) is 10.9. The summed E-state index contributed by atoms with van der Waals surface area (Å²) in [6.07, 6.45) is 1.53. The minimum absolute atomic E-state index is 0.00816. The molecule has 150 valence electrons. The predicted molar refractivity (Wildman–Crippen MR) is 116 cm³/mol. The highest BCUT2D eigenvalue weighted by atomic mass is 32.1. The molecule has 1 N–H and O–H groups in total. The van der Waals surface area contributed by atoms with E-state index in [2.05, 4.69) is 5.32 Å². The molecular formula is C22H22N2O4S. The van der Waals surface area contributed by atoms with Crippen LogP contribution in [0.4, 0.5) is 5.69 Å². The molecular weight excluding hydrogens is 388 g/mol. The monoisotopic (exact) mass is 410 g/mol. The average Bonchev–Trinajstić information content (AvgIpc) is 2.67. The molecule has 1 heterocycles. The summed E-state index contributed by atoms with van der Waals surface area (Å²) in [5.41, 5.74) is 3.23. The van der Waals surface area contributed by atoms with Gasteiger partial charge in [-0.2, -0.15) is 0 Å². The third-order valence-electron chi connectivity index (χ3n) is 4.49. The summed E-state index contributed by atoms with van der Waals surface area (Å²) >= 11 is 5.27. The lowest BCUT2D eigenvalue weighted by molar-refractivity contribution is -0.122. The van der Waals surface area contributed by atoms with E-state index in [4.69, 9.17) is 21.7 Å². The number of aryl methyl sites for hydroxylation is 2. The molecule has 7 heteroatoms. The number of amides is 2. The third kappa shape index (κ3) is 4.14. The number of methoxy groups -OCH3 is 1. The van der Waals surface area contributed by atoms with Crippen LogP contribution in [0.3, 0.4) is 0 Å². The van der Waals surface area contributed by atoms with Crippen molar-refractivity contribution in [1.82, 2.24) is 5.32 Å². The summed E-state index contributed by atoms with van der Waals surface area (Å²) in [6.45, 7) is 6.20. The van der Waals surface area contributed by atoms with Crippen LogP contribution in [0.1, 0.15) is 23.6 Å². The zero-order valence-corrected chi connectivity index (χ0v) is 17.6. The van der Waals surface area contributed by atoms with Crippen molar-refractivity contribution >= 4 is 40.9 Å². The molecule has 0 saturated carbocycles. The zero-order chi connectivity index (χ0) is 21.1. The summed E-state index contributed by atoms with van der Waals surface area (Å²) in [7, 11) is 1.55. The molecule has 0 unspecified atom stereocenters. The van der Waals surface area contributed by atoms with Crippen LogP contribution in [-0.4, -0.2) is 30.6 Å². The molecule has 2 aromatic carbocycles. The Morgan fingerprint density at radius 2 is 1.86 bits per heavy atom. The van der Waals surface area contributed by atoms with Gasteiger partial charge in [-0.15, -0.1) is 0 Å². The first-order valence-electron chi connectivity index (χ1n) is 9.15. The van der Waals surface area contributed by atoms with Gasteiger partial charge >= 0.3 is 0 Å². The van der Waals surface area contributed by atoms with Gasteiger partial charge in [-0.25, -0.2) is 0 Å². The van der Waals surface area contributed by atoms with Crippen molar-refractivity contribution in [2.24, 2.45) is 0 Å². The highest BCUT2D eigenvalue weighted by Gasteiger charge is 2.35. The molecule has 0 aliphatic carbocycles. The number of benzene rings is 2. The van der Waals surface area contributed by atoms with Crippen LogP contribution in [0.2, 0.25) is 0 Å². The molecule has 2 amide bonds. The largest absolute Gasteiger partial charge is 0.493 e. The van der Waals surface area contributed by atoms with Gasteiger partial charge < -0.3 is 9.47 Å². The van der Waals surface area contributed by atoms with E-state index in [-0.39, 0.29) is 10.7 Å². The third-order valence-corrected chi connectivity index (χ3v) is 4.78. The molecule has 1 saturated heterocycles. The van der Waals surface area contributed by atoms with Gasteiger partial charge in [0.05, 0.1) is 19.4 Å². The molecule has 1 aliphatic heterocycles. The maximum Gasteiger partial charge on any atom is 0.270 e. The molecule has 0 radical (unpaired) electrons. The Morgan fingerprint density at radius 1 is 1.10 bits per heavy atom. The van der Waals surface area contributed by atoms with Crippen LogP contribution < -0.4 is 19.7 Å². The Morgan fingerprint density at radius 3 is 2.52 bits per heavy atom. The van der Waals surface area contributed by atoms with Gasteiger partial charge in [-0.05, 0) is 68.4 Å². The summed E-state index contributed by atoms with van der Waals surface area (Å²) < 4.78 is 10.9. The molecule has 0 bridgehead atoms. The molecule has 29 heavy (non-hydrogen) atoms. The van der Waals surface area contributed by atoms with Gasteiger partial charge in [0.1, 0.15) is 5.57 Å². The lowest BCUT2D eigenvalue weighted by Gasteiger charge is -2.30. The second-order valence-corrected chi connectivity index (χ2v) is 6.98. The number of carbonyl (C=O) groups is 2. The van der Waals surface area contributed by atoms with E-state index in [1.807, 2.05) is 39.0 Å². The van der Waals surface area contributed by atoms with Crippen LogP contribution in [0.15, 0.2) is 42.0 Å². The smallest absolute Gasteiger partial charge is 0.270 e. The molecule has 1 aliphatic rings. The Hall–Kier alpha value is -3.19. The Labute approximate surface area is 175 Å². The number of rotatable bonds is 5. The number of hydrogen-bond donors (Lipinski definition) is 1. The Balaban J connectivity index is 2.02. The molecule has 6 nitrogen and oxygen atoms in total. The molecule has 1 fully saturated rings. The molecule has 0 aromatic heterocycles. The topological polar surface area (TPSA) is 67.9 Å². The second-order valence-electron chi connectivity index (χ2n) is 6.59. The first-order valence-corrected chi connectivity index (χ1v) is 9.56. The number of thiocarbonyl (C=S) groups is 1. The minimum Gasteiger partial charge on any atom is -0.493 e. The molecule has 3 rings (SSSR count). The zero-order valence-electron chi connectivity index (χ0n) is 16.7. The second kappa shape index (κ2) is 8.45. The number of anilines is 1. The number of hydrogen-bond acceptors (Lipinski definition) is 5. The molecule has 2 aromatic rings. The van der Waals surface area contributed by atoms with E-state index in [1.54, 1.807) is 25.3 Å². The van der Waals surface area contributed by atoms with Gasteiger partial charge in [0, 0.05) is 0 Å². The van der Waals surface area contributed by atoms with E-state index < -0.39 is 11.8 Å². The van der Waals surface area contributed by atoms with Crippen LogP contribution in [0.5, 0.6) is 11.5 Å². The SMILES string of the molecule is CCOc1cc(/C=C2\C(=O)NC(=S)N(c3ccc(C)cc3C)C2=O)ccc1OC. The van der Waals surface area contributed by atoms with Gasteiger partial charge in [0.25, 0.3) is 11.8 Å². The van der Waals surface area contributed by atoms with Crippen LogP contribution in [0, 0.1) is 13.8 Å². The molecule has 0 atom stereocenters. The lowest BCUT2D eigenvalue weighted by atomic mass is 10.0. The van der Waals surface area contributed by atoms with Gasteiger partial charge in [-0.1, -0.05) is 23.8 Å². The number of nitrogens with one attached hydrogen (secondary N) is 1. The van der Waals surface area contributed by atoms with Crippen molar-refractivity contribution in [2.75, 3.05) is 18.6 Å². The first kappa shape index (κ1) is 20.5. The quantitative estimate of drug-likeness (QED) is 0.464. The van der Waals surface area contributed by atoms with E-state index >= 15 is 0 Å². The number of nitrogens with zero attached hydrogens (tertiary/aromatic N) is 1. The standard InChI is InChI=1S/C22H22N2O4S/c1-5-28-19-12-15(7-9-18(19)27-4)11-16-20(25)23-22(29)24(21(16)26)17-8-6-13(2)10-14(17)3/h6-12H,5H2,1-4H3,(H,23,25,29)/b16-11+. The number of ether oxygens (including phenoxy) is 2. The fourth-order valence-electron chi connectivity index (χ4n) is 3.15. The van der Waals surface area contributed by atoms with Crippen molar-refractivity contribution in [3.8, 4) is 11.5 Å². The van der Waals surface area contributed by atoms with Gasteiger partial charge in [0.15, 0.2) is 16.6 Å². The van der Waals surface area contributed by atoms with Crippen molar-refractivity contribution in [3.63, 3.8) is 0 Å². The van der Waals surface area contributed by atoms with Crippen molar-refractivity contribution in [2.45, 2.75) is 20.8 Å². The Bertz CT molecular complexity index is 1030. The van der Waals surface area contributed by atoms with Crippen LogP contribution in [0.25, 0.3) is 6.08 Å². The van der Waals surface area contributed by atoms with Gasteiger partial charge in [-0.3, -0.25) is 19.8 Å². The summed E-state index contributed by atoms with van der Waals surface area (Å²) in [5, 5.41) is 2.67. The molecule has 0 spiro atoms. The fraction of sp³-hybridized carbons (Fsp3) is 0.227. The Kier molecular flexibility index (Phi) is 5.98. The first-order chi connectivity index (χ1) is 13.8. The minimum atomic E-state index is -0.533. The summed E-state index contributed by atoms with van der Waals surface area (Å²) in [5.74, 6) is 0.107. The maximum absolute atomic E-state index is 13.2. The van der Waals surface area contributed by atoms with Crippen molar-refractivity contribution in [1.29, 1.82) is 0 Å². The number of carbonyl (C=O) groups excluding carboxylic acids is 2. The van der Waals surface area contributed by atoms with Crippen LogP contribution >= 0.6 is 12.2 Å². The van der Waals surface area contributed by atoms with Crippen molar-refractivity contribution < 1.29 is 19.1 Å². The fourth-order valence-corrected chi connectivity index (χ4v) is 3.42. The average molecular weight is 410 g/mol. The lowest BCUT2D eigenvalue weighted by Crippen LogP contribution is -2.54. The van der Waals surface area contributed by atoms with E-state index in [0.29, 0.717) is 29.4 Å². The summed E-state index contributed by atoms with van der Waals surface area (Å²) in [4.78, 5) is 27.0. The van der Waals surface area contributed by atoms with E-state index in [0.717, 1.165) is 11.1 Å². The van der Waals surface area contributed by atoms with E-state index in [1.165, 1.54) is 11.0 Å². The van der Waals surface area contributed by atoms with Crippen molar-refractivity contribution in [3.05, 3.63) is 58.7 Å². The predicted octanol–water partition coefficient (Wildman–Crippen LogP) is 3.54. The van der Waals surface area contributed by atoms with Gasteiger partial charge in [0.2, 0.25) is 0 Å².